The minimum Gasteiger partial charge on any atom is -0.357 e. The first-order valence-electron chi connectivity index (χ1n) is 10.9. The molecule has 2 aliphatic rings. The van der Waals surface area contributed by atoms with Crippen molar-refractivity contribution in [1.29, 1.82) is 0 Å². The van der Waals surface area contributed by atoms with Crippen LogP contribution in [0.5, 0.6) is 0 Å². The van der Waals surface area contributed by atoms with Crippen molar-refractivity contribution in [2.24, 2.45) is 18.0 Å². The molecule has 28 heavy (non-hydrogen) atoms. The molecule has 1 aromatic rings. The highest BCUT2D eigenvalue weighted by Crippen LogP contribution is 2.26. The number of halogens is 1. The average Bonchev–Trinajstić information content (AvgIpc) is 3.29. The van der Waals surface area contributed by atoms with Gasteiger partial charge in [0.25, 0.3) is 0 Å². The second-order valence-electron chi connectivity index (χ2n) is 8.37. The van der Waals surface area contributed by atoms with Crippen LogP contribution in [0.1, 0.15) is 57.4 Å². The van der Waals surface area contributed by atoms with Crippen LogP contribution in [-0.4, -0.2) is 71.4 Å². The highest BCUT2D eigenvalue weighted by atomic mass is 127. The van der Waals surface area contributed by atoms with Gasteiger partial charge in [-0.1, -0.05) is 6.92 Å². The average molecular weight is 502 g/mol. The molecule has 0 bridgehead atoms. The Hall–Kier alpha value is -0.830. The SMILES string of the molecule is CCNC(=NCCCCN1CCCC(C)C1)N1CCC(c2cnn(C)c2)C1.I. The van der Waals surface area contributed by atoms with Gasteiger partial charge < -0.3 is 15.1 Å². The van der Waals surface area contributed by atoms with Gasteiger partial charge in [0.2, 0.25) is 0 Å². The summed E-state index contributed by atoms with van der Waals surface area (Å²) in [7, 11) is 1.99. The van der Waals surface area contributed by atoms with Gasteiger partial charge in [-0.05, 0) is 63.6 Å². The second-order valence-corrected chi connectivity index (χ2v) is 8.37. The topological polar surface area (TPSA) is 48.7 Å². The standard InChI is InChI=1S/C21H38N6.HI/c1-4-22-21(23-10-5-6-11-26-12-7-8-18(2)15-26)27-13-9-19(17-27)20-14-24-25(3)16-20;/h14,16,18-19H,4-13,15,17H2,1-3H3,(H,22,23);1H. The summed E-state index contributed by atoms with van der Waals surface area (Å²) in [6.45, 7) is 12.3. The maximum atomic E-state index is 4.92. The summed E-state index contributed by atoms with van der Waals surface area (Å²) >= 11 is 0. The molecule has 0 spiro atoms. The van der Waals surface area contributed by atoms with E-state index in [1.807, 2.05) is 17.9 Å². The maximum absolute atomic E-state index is 4.92. The summed E-state index contributed by atoms with van der Waals surface area (Å²) in [6, 6.07) is 0. The van der Waals surface area contributed by atoms with E-state index in [4.69, 9.17) is 4.99 Å². The minimum absolute atomic E-state index is 0. The number of nitrogens with one attached hydrogen (secondary N) is 1. The van der Waals surface area contributed by atoms with E-state index in [1.54, 1.807) is 0 Å². The molecular formula is C21H39IN6. The van der Waals surface area contributed by atoms with Gasteiger partial charge in [0.1, 0.15) is 0 Å². The quantitative estimate of drug-likeness (QED) is 0.269. The van der Waals surface area contributed by atoms with Gasteiger partial charge in [-0.25, -0.2) is 0 Å². The van der Waals surface area contributed by atoms with Crippen molar-refractivity contribution in [2.45, 2.75) is 51.9 Å². The normalized spacial score (nSPS) is 23.7. The minimum atomic E-state index is 0. The van der Waals surface area contributed by atoms with Crippen LogP contribution in [0.15, 0.2) is 17.4 Å². The third-order valence-corrected chi connectivity index (χ3v) is 5.90. The molecule has 6 nitrogen and oxygen atoms in total. The maximum Gasteiger partial charge on any atom is 0.193 e. The molecule has 1 N–H and O–H groups in total. The predicted octanol–water partition coefficient (Wildman–Crippen LogP) is 3.31. The molecule has 2 fully saturated rings. The molecule has 1 aromatic heterocycles. The van der Waals surface area contributed by atoms with Crippen molar-refractivity contribution in [2.75, 3.05) is 45.8 Å². The summed E-state index contributed by atoms with van der Waals surface area (Å²) in [5, 5.41) is 7.82. The van der Waals surface area contributed by atoms with Crippen molar-refractivity contribution in [3.8, 4) is 0 Å². The molecule has 0 aromatic carbocycles. The monoisotopic (exact) mass is 502 g/mol. The number of piperidine rings is 1. The van der Waals surface area contributed by atoms with E-state index in [0.717, 1.165) is 38.1 Å². The molecule has 3 heterocycles. The van der Waals surface area contributed by atoms with Crippen LogP contribution in [-0.2, 0) is 7.05 Å². The number of nitrogens with zero attached hydrogens (tertiary/aromatic N) is 5. The van der Waals surface area contributed by atoms with Gasteiger partial charge in [0.05, 0.1) is 6.20 Å². The number of likely N-dealkylation sites (tertiary alicyclic amines) is 2. The number of aryl methyl sites for hydroxylation is 1. The lowest BCUT2D eigenvalue weighted by Gasteiger charge is -2.30. The van der Waals surface area contributed by atoms with E-state index in [2.05, 4.69) is 40.3 Å². The number of guanidine groups is 1. The van der Waals surface area contributed by atoms with Gasteiger partial charge in [0, 0.05) is 51.9 Å². The Morgan fingerprint density at radius 1 is 1.25 bits per heavy atom. The van der Waals surface area contributed by atoms with Crippen LogP contribution in [0.3, 0.4) is 0 Å². The van der Waals surface area contributed by atoms with Crippen molar-refractivity contribution in [1.82, 2.24) is 24.9 Å². The first-order valence-corrected chi connectivity index (χ1v) is 10.9. The third-order valence-electron chi connectivity index (χ3n) is 5.90. The fraction of sp³-hybridized carbons (Fsp3) is 0.810. The number of hydrogen-bond donors (Lipinski definition) is 1. The molecule has 0 radical (unpaired) electrons. The zero-order valence-corrected chi connectivity index (χ0v) is 20.3. The van der Waals surface area contributed by atoms with E-state index in [1.165, 1.54) is 57.3 Å². The summed E-state index contributed by atoms with van der Waals surface area (Å²) < 4.78 is 1.90. The summed E-state index contributed by atoms with van der Waals surface area (Å²) in [4.78, 5) is 9.98. The number of aromatic nitrogens is 2. The van der Waals surface area contributed by atoms with Crippen LogP contribution in [0, 0.1) is 5.92 Å². The van der Waals surface area contributed by atoms with Gasteiger partial charge in [-0.15, -0.1) is 24.0 Å². The lowest BCUT2D eigenvalue weighted by atomic mass is 10.0. The number of aliphatic imine (C=N–C) groups is 1. The Kier molecular flexibility index (Phi) is 10.0. The Bertz CT molecular complexity index is 601. The molecule has 7 heteroatoms. The van der Waals surface area contributed by atoms with Crippen LogP contribution in [0.4, 0.5) is 0 Å². The van der Waals surface area contributed by atoms with E-state index in [-0.39, 0.29) is 24.0 Å². The van der Waals surface area contributed by atoms with Crippen LogP contribution in [0.25, 0.3) is 0 Å². The van der Waals surface area contributed by atoms with E-state index < -0.39 is 0 Å². The van der Waals surface area contributed by atoms with E-state index >= 15 is 0 Å². The fourth-order valence-electron chi connectivity index (χ4n) is 4.42. The summed E-state index contributed by atoms with van der Waals surface area (Å²) in [5.41, 5.74) is 1.35. The summed E-state index contributed by atoms with van der Waals surface area (Å²) in [6.07, 6.45) is 10.6. The zero-order valence-electron chi connectivity index (χ0n) is 17.9. The van der Waals surface area contributed by atoms with Crippen LogP contribution >= 0.6 is 24.0 Å². The number of hydrogen-bond acceptors (Lipinski definition) is 3. The predicted molar refractivity (Wildman–Crippen MR) is 128 cm³/mol. The Balaban J connectivity index is 0.00000280. The smallest absolute Gasteiger partial charge is 0.193 e. The van der Waals surface area contributed by atoms with E-state index in [0.29, 0.717) is 5.92 Å². The lowest BCUT2D eigenvalue weighted by Crippen LogP contribution is -2.40. The van der Waals surface area contributed by atoms with Crippen molar-refractivity contribution >= 4 is 29.9 Å². The second kappa shape index (κ2) is 12.0. The van der Waals surface area contributed by atoms with E-state index in [9.17, 15) is 0 Å². The van der Waals surface area contributed by atoms with Gasteiger partial charge in [0.15, 0.2) is 5.96 Å². The Morgan fingerprint density at radius 2 is 2.11 bits per heavy atom. The number of rotatable bonds is 7. The van der Waals surface area contributed by atoms with Gasteiger partial charge in [-0.2, -0.15) is 5.10 Å². The lowest BCUT2D eigenvalue weighted by molar-refractivity contribution is 0.181. The summed E-state index contributed by atoms with van der Waals surface area (Å²) in [5.74, 6) is 2.54. The Labute approximate surface area is 188 Å². The van der Waals surface area contributed by atoms with Crippen molar-refractivity contribution in [3.05, 3.63) is 18.0 Å². The highest BCUT2D eigenvalue weighted by Gasteiger charge is 2.26. The molecule has 2 atom stereocenters. The first-order chi connectivity index (χ1) is 13.2. The molecule has 0 saturated carbocycles. The Morgan fingerprint density at radius 3 is 2.82 bits per heavy atom. The van der Waals surface area contributed by atoms with Crippen molar-refractivity contribution in [3.63, 3.8) is 0 Å². The van der Waals surface area contributed by atoms with Gasteiger partial charge >= 0.3 is 0 Å². The molecule has 3 rings (SSSR count). The molecule has 0 aliphatic carbocycles. The molecule has 2 saturated heterocycles. The number of unbranched alkanes of at least 4 members (excludes halogenated alkanes) is 1. The van der Waals surface area contributed by atoms with Crippen LogP contribution < -0.4 is 5.32 Å². The highest BCUT2D eigenvalue weighted by molar-refractivity contribution is 14.0. The molecular weight excluding hydrogens is 463 g/mol. The van der Waals surface area contributed by atoms with Gasteiger partial charge in [-0.3, -0.25) is 9.67 Å². The zero-order chi connectivity index (χ0) is 19.1. The third kappa shape index (κ3) is 6.90. The van der Waals surface area contributed by atoms with Crippen molar-refractivity contribution < 1.29 is 0 Å². The molecule has 2 aliphatic heterocycles. The molecule has 160 valence electrons. The molecule has 0 amide bonds. The van der Waals surface area contributed by atoms with Crippen LogP contribution in [0.2, 0.25) is 0 Å². The largest absolute Gasteiger partial charge is 0.357 e. The molecule has 2 unspecified atom stereocenters. The first kappa shape index (κ1) is 23.4. The fourth-order valence-corrected chi connectivity index (χ4v) is 4.42.